The van der Waals surface area contributed by atoms with Crippen molar-refractivity contribution in [1.29, 1.82) is 0 Å². The lowest BCUT2D eigenvalue weighted by molar-refractivity contribution is 0.00578. The van der Waals surface area contributed by atoms with Crippen LogP contribution in [0.4, 0.5) is 0 Å². The lowest BCUT2D eigenvalue weighted by Crippen LogP contribution is -2.41. The van der Waals surface area contributed by atoms with Gasteiger partial charge >= 0.3 is 7.12 Å². The van der Waals surface area contributed by atoms with Crippen molar-refractivity contribution in [3.63, 3.8) is 0 Å². The van der Waals surface area contributed by atoms with E-state index in [0.717, 1.165) is 6.61 Å². The number of rotatable bonds is 4. The first-order chi connectivity index (χ1) is 9.27. The van der Waals surface area contributed by atoms with Gasteiger partial charge in [-0.1, -0.05) is 20.8 Å². The Kier molecular flexibility index (Phi) is 4.24. The second-order valence-electron chi connectivity index (χ2n) is 9.36. The third kappa shape index (κ3) is 3.41. The fraction of sp³-hybridized carbons (Fsp3) is 1.00. The Labute approximate surface area is 132 Å². The van der Waals surface area contributed by atoms with Gasteiger partial charge in [-0.25, -0.2) is 0 Å². The monoisotopic (exact) mass is 312 g/mol. The predicted molar refractivity (Wildman–Crippen MR) is 91.1 cm³/mol. The molecule has 0 aromatic carbocycles. The van der Waals surface area contributed by atoms with E-state index in [4.69, 9.17) is 13.7 Å². The van der Waals surface area contributed by atoms with Gasteiger partial charge in [0.05, 0.1) is 11.2 Å². The lowest BCUT2D eigenvalue weighted by atomic mass is 9.81. The molecule has 1 aliphatic heterocycles. The maximum Gasteiger partial charge on any atom is 0.461 e. The summed E-state index contributed by atoms with van der Waals surface area (Å²) in [6.07, 6.45) is 1.17. The van der Waals surface area contributed by atoms with Crippen molar-refractivity contribution in [3.05, 3.63) is 0 Å². The van der Waals surface area contributed by atoms with Crippen LogP contribution >= 0.6 is 0 Å². The van der Waals surface area contributed by atoms with Gasteiger partial charge in [0.25, 0.3) is 0 Å². The molecule has 2 aliphatic rings. The molecular formula is C16H33BO3Si. The fourth-order valence-corrected chi connectivity index (χ4v) is 3.46. The number of hydrogen-bond acceptors (Lipinski definition) is 3. The van der Waals surface area contributed by atoms with Crippen LogP contribution in [0.15, 0.2) is 0 Å². The summed E-state index contributed by atoms with van der Waals surface area (Å²) >= 11 is 0. The average molecular weight is 312 g/mol. The van der Waals surface area contributed by atoms with Crippen molar-refractivity contribution in [2.45, 2.75) is 90.0 Å². The van der Waals surface area contributed by atoms with E-state index >= 15 is 0 Å². The highest BCUT2D eigenvalue weighted by Crippen LogP contribution is 2.53. The second kappa shape index (κ2) is 5.08. The first-order valence-corrected chi connectivity index (χ1v) is 11.2. The first-order valence-electron chi connectivity index (χ1n) is 8.26. The van der Waals surface area contributed by atoms with Gasteiger partial charge in [-0.05, 0) is 64.0 Å². The fourth-order valence-electron chi connectivity index (χ4n) is 2.39. The minimum atomic E-state index is -1.64. The van der Waals surface area contributed by atoms with Gasteiger partial charge in [0.1, 0.15) is 0 Å². The minimum absolute atomic E-state index is 0.0528. The highest BCUT2D eigenvalue weighted by atomic mass is 28.4. The summed E-state index contributed by atoms with van der Waals surface area (Å²) in [5.74, 6) is 1.12. The van der Waals surface area contributed by atoms with Crippen LogP contribution in [0, 0.1) is 5.92 Å². The molecule has 0 radical (unpaired) electrons. The molecule has 5 heteroatoms. The molecule has 0 spiro atoms. The normalized spacial score (nSPS) is 31.6. The van der Waals surface area contributed by atoms with Crippen molar-refractivity contribution in [1.82, 2.24) is 0 Å². The summed E-state index contributed by atoms with van der Waals surface area (Å²) in [6, 6.07) is 0. The molecule has 0 amide bonds. The van der Waals surface area contributed by atoms with Gasteiger partial charge < -0.3 is 13.7 Å². The molecule has 0 unspecified atom stereocenters. The average Bonchev–Trinajstić information content (AvgIpc) is 2.98. The molecule has 3 nitrogen and oxygen atoms in total. The zero-order valence-corrected chi connectivity index (χ0v) is 16.4. The maximum absolute atomic E-state index is 6.34. The van der Waals surface area contributed by atoms with Gasteiger partial charge in [-0.2, -0.15) is 0 Å². The van der Waals surface area contributed by atoms with Crippen LogP contribution < -0.4 is 0 Å². The highest BCUT2D eigenvalue weighted by Gasteiger charge is 2.59. The maximum atomic E-state index is 6.34. The van der Waals surface area contributed by atoms with Crippen LogP contribution in [-0.4, -0.2) is 33.2 Å². The molecule has 0 N–H and O–H groups in total. The van der Waals surface area contributed by atoms with Crippen LogP contribution in [0.5, 0.6) is 0 Å². The molecular weight excluding hydrogens is 279 g/mol. The van der Waals surface area contributed by atoms with E-state index in [0.29, 0.717) is 11.7 Å². The van der Waals surface area contributed by atoms with Crippen LogP contribution in [0.2, 0.25) is 23.9 Å². The molecule has 1 aliphatic carbocycles. The van der Waals surface area contributed by atoms with Crippen molar-refractivity contribution >= 4 is 15.4 Å². The summed E-state index contributed by atoms with van der Waals surface area (Å²) in [5, 5.41) is 0.279. The Morgan fingerprint density at radius 2 is 1.57 bits per heavy atom. The van der Waals surface area contributed by atoms with E-state index in [1.165, 1.54) is 6.42 Å². The second-order valence-corrected chi connectivity index (χ2v) is 14.2. The standard InChI is InChI=1S/C16H33BO3Si/c1-14(2,3)21(8,9)18-11-12-10-13(12)17-19-15(4,5)16(6,7)20-17/h12-13H,10-11H2,1-9H3/t12-,13+/m1/s1. The van der Waals surface area contributed by atoms with E-state index in [2.05, 4.69) is 61.6 Å². The van der Waals surface area contributed by atoms with E-state index in [1.807, 2.05) is 0 Å². The molecule has 0 aromatic heterocycles. The molecule has 2 rings (SSSR count). The van der Waals surface area contributed by atoms with Crippen molar-refractivity contribution in [2.75, 3.05) is 6.61 Å². The van der Waals surface area contributed by atoms with E-state index in [9.17, 15) is 0 Å². The molecule has 0 bridgehead atoms. The quantitative estimate of drug-likeness (QED) is 0.716. The molecule has 122 valence electrons. The van der Waals surface area contributed by atoms with Gasteiger partial charge in [-0.15, -0.1) is 0 Å². The van der Waals surface area contributed by atoms with Gasteiger partial charge in [0, 0.05) is 6.61 Å². The van der Waals surface area contributed by atoms with Gasteiger partial charge in [0.15, 0.2) is 8.32 Å². The zero-order chi connectivity index (χ0) is 16.3. The molecule has 2 fully saturated rings. The van der Waals surface area contributed by atoms with Crippen molar-refractivity contribution < 1.29 is 13.7 Å². The summed E-state index contributed by atoms with van der Waals surface area (Å²) in [4.78, 5) is 0. The molecule has 0 aromatic rings. The van der Waals surface area contributed by atoms with Crippen LogP contribution in [0.1, 0.15) is 54.9 Å². The topological polar surface area (TPSA) is 27.7 Å². The Balaban J connectivity index is 1.85. The minimum Gasteiger partial charge on any atom is -0.417 e. The summed E-state index contributed by atoms with van der Waals surface area (Å²) in [5.41, 5.74) is -0.434. The third-order valence-electron chi connectivity index (χ3n) is 6.06. The summed E-state index contributed by atoms with van der Waals surface area (Å²) < 4.78 is 18.6. The molecule has 2 atom stereocenters. The van der Waals surface area contributed by atoms with Gasteiger partial charge in [-0.3, -0.25) is 0 Å². The predicted octanol–water partition coefficient (Wildman–Crippen LogP) is 4.49. The van der Waals surface area contributed by atoms with Crippen LogP contribution in [0.3, 0.4) is 0 Å². The Hall–Kier alpha value is 0.162. The zero-order valence-electron chi connectivity index (χ0n) is 15.4. The summed E-state index contributed by atoms with van der Waals surface area (Å²) in [6.45, 7) is 20.9. The first kappa shape index (κ1) is 17.5. The van der Waals surface area contributed by atoms with E-state index < -0.39 is 8.32 Å². The van der Waals surface area contributed by atoms with E-state index in [1.54, 1.807) is 0 Å². The molecule has 21 heavy (non-hydrogen) atoms. The number of hydrogen-bond donors (Lipinski definition) is 0. The van der Waals surface area contributed by atoms with E-state index in [-0.39, 0.29) is 23.4 Å². The summed E-state index contributed by atoms with van der Waals surface area (Å²) in [7, 11) is -1.69. The SMILES string of the molecule is CC1(C)OB([C@H]2C[C@@H]2CO[Si](C)(C)C(C)(C)C)OC1(C)C. The van der Waals surface area contributed by atoms with Crippen molar-refractivity contribution in [3.8, 4) is 0 Å². The van der Waals surface area contributed by atoms with Crippen LogP contribution in [-0.2, 0) is 13.7 Å². The Morgan fingerprint density at radius 3 is 2.00 bits per heavy atom. The smallest absolute Gasteiger partial charge is 0.417 e. The Bertz CT molecular complexity index is 385. The molecule has 1 saturated heterocycles. The molecule has 1 saturated carbocycles. The van der Waals surface area contributed by atoms with Crippen molar-refractivity contribution in [2.24, 2.45) is 5.92 Å². The Morgan fingerprint density at radius 1 is 1.10 bits per heavy atom. The highest BCUT2D eigenvalue weighted by molar-refractivity contribution is 6.74. The third-order valence-corrected chi connectivity index (χ3v) is 10.6. The largest absolute Gasteiger partial charge is 0.461 e. The van der Waals surface area contributed by atoms with Crippen LogP contribution in [0.25, 0.3) is 0 Å². The lowest BCUT2D eigenvalue weighted by Gasteiger charge is -2.36. The molecule has 1 heterocycles. The van der Waals surface area contributed by atoms with Gasteiger partial charge in [0.2, 0.25) is 0 Å².